The molecule has 5 atom stereocenters. The van der Waals surface area contributed by atoms with Gasteiger partial charge in [-0.25, -0.2) is 4.99 Å². The zero-order valence-corrected chi connectivity index (χ0v) is 17.2. The summed E-state index contributed by atoms with van der Waals surface area (Å²) in [5.41, 5.74) is 7.01. The third kappa shape index (κ3) is 1.78. The lowest BCUT2D eigenvalue weighted by Gasteiger charge is -2.38. The quantitative estimate of drug-likeness (QED) is 0.755. The molecular weight excluding hydrogens is 382 g/mol. The van der Waals surface area contributed by atoms with E-state index >= 15 is 0 Å². The number of rotatable bonds is 5. The number of aliphatic imine (C=N–C) groups is 1. The number of guanidine groups is 1. The number of anilines is 1. The van der Waals surface area contributed by atoms with Crippen molar-refractivity contribution in [2.45, 2.75) is 63.7 Å². The summed E-state index contributed by atoms with van der Waals surface area (Å²) in [6, 6.07) is 7.58. The Kier molecular flexibility index (Phi) is 3.17. The second-order valence-electron chi connectivity index (χ2n) is 9.55. The van der Waals surface area contributed by atoms with Crippen molar-refractivity contribution in [2.75, 3.05) is 4.90 Å². The number of hydrogen-bond donors (Lipinski definition) is 1. The van der Waals surface area contributed by atoms with Gasteiger partial charge in [-0.05, 0) is 36.1 Å². The van der Waals surface area contributed by atoms with E-state index in [0.29, 0.717) is 18.8 Å². The second-order valence-corrected chi connectivity index (χ2v) is 9.55. The van der Waals surface area contributed by atoms with Crippen LogP contribution in [0.25, 0.3) is 0 Å². The molecule has 1 aromatic rings. The van der Waals surface area contributed by atoms with Crippen LogP contribution in [0.1, 0.15) is 45.1 Å². The monoisotopic (exact) mass is 407 g/mol. The number of nitrogens with zero attached hydrogens (tertiary/aromatic N) is 4. The largest absolute Gasteiger partial charge is 0.369 e. The first-order chi connectivity index (χ1) is 14.4. The SMILES string of the molecule is CCC1(CC)CC(=O)N(C2C3C4(C(=O)N5c6ccccc6CC5N=O)C[C@@]234)C(N)=N1. The third-order valence-corrected chi connectivity index (χ3v) is 8.63. The second kappa shape index (κ2) is 5.28. The van der Waals surface area contributed by atoms with Crippen molar-refractivity contribution in [1.82, 2.24) is 4.90 Å². The van der Waals surface area contributed by atoms with Gasteiger partial charge in [-0.3, -0.25) is 19.4 Å². The summed E-state index contributed by atoms with van der Waals surface area (Å²) in [6.45, 7) is 4.07. The molecule has 0 bridgehead atoms. The molecule has 30 heavy (non-hydrogen) atoms. The van der Waals surface area contributed by atoms with Gasteiger partial charge >= 0.3 is 0 Å². The number of para-hydroxylation sites is 1. The van der Waals surface area contributed by atoms with Gasteiger partial charge in [0.05, 0.1) is 23.4 Å². The molecule has 0 aromatic heterocycles. The topological polar surface area (TPSA) is 108 Å². The molecule has 156 valence electrons. The van der Waals surface area contributed by atoms with Crippen LogP contribution < -0.4 is 10.6 Å². The van der Waals surface area contributed by atoms with Gasteiger partial charge in [0.25, 0.3) is 0 Å². The van der Waals surface area contributed by atoms with E-state index in [1.165, 1.54) is 0 Å². The summed E-state index contributed by atoms with van der Waals surface area (Å²) in [5.74, 6) is 0.430. The number of amides is 2. The summed E-state index contributed by atoms with van der Waals surface area (Å²) < 4.78 is 0. The number of carbonyl (C=O) groups excluding carboxylic acids is 2. The molecule has 3 fully saturated rings. The van der Waals surface area contributed by atoms with Crippen LogP contribution in [0, 0.1) is 21.7 Å². The third-order valence-electron chi connectivity index (χ3n) is 8.63. The van der Waals surface area contributed by atoms with E-state index in [2.05, 4.69) is 5.18 Å². The molecule has 8 heteroatoms. The van der Waals surface area contributed by atoms with Crippen LogP contribution in [-0.4, -0.2) is 40.4 Å². The predicted octanol–water partition coefficient (Wildman–Crippen LogP) is 2.16. The van der Waals surface area contributed by atoms with Gasteiger partial charge in [0.1, 0.15) is 0 Å². The Balaban J connectivity index is 1.25. The maximum absolute atomic E-state index is 13.5. The Morgan fingerprint density at radius 1 is 1.30 bits per heavy atom. The lowest BCUT2D eigenvalue weighted by molar-refractivity contribution is -0.132. The molecule has 1 aromatic carbocycles. The normalized spacial score (nSPS) is 38.9. The first kappa shape index (κ1) is 18.0. The fourth-order valence-electron chi connectivity index (χ4n) is 6.61. The summed E-state index contributed by atoms with van der Waals surface area (Å²) >= 11 is 0. The average Bonchev–Trinajstić information content (AvgIpc) is 3.63. The summed E-state index contributed by atoms with van der Waals surface area (Å²) in [5, 5.41) is 3.22. The van der Waals surface area contributed by atoms with Crippen LogP contribution in [0.3, 0.4) is 0 Å². The van der Waals surface area contributed by atoms with Crippen LogP contribution in [0.5, 0.6) is 0 Å². The van der Waals surface area contributed by atoms with Crippen LogP contribution in [0.15, 0.2) is 34.4 Å². The minimum atomic E-state index is -0.682. The van der Waals surface area contributed by atoms with Crippen molar-refractivity contribution < 1.29 is 9.59 Å². The molecule has 2 amide bonds. The van der Waals surface area contributed by atoms with E-state index in [0.717, 1.165) is 30.5 Å². The highest BCUT2D eigenvalue weighted by Crippen LogP contribution is 3.06. The van der Waals surface area contributed by atoms with Crippen LogP contribution in [0.2, 0.25) is 0 Å². The minimum absolute atomic E-state index is 0.0185. The van der Waals surface area contributed by atoms with Crippen molar-refractivity contribution in [3.8, 4) is 0 Å². The van der Waals surface area contributed by atoms with E-state index in [-0.39, 0.29) is 29.2 Å². The smallest absolute Gasteiger partial charge is 0.236 e. The Morgan fingerprint density at radius 3 is 2.63 bits per heavy atom. The molecule has 3 aliphatic carbocycles. The molecule has 4 unspecified atom stereocenters. The van der Waals surface area contributed by atoms with Gasteiger partial charge in [-0.1, -0.05) is 32.0 Å². The number of hydrogen-bond acceptors (Lipinski definition) is 6. The number of carbonyl (C=O) groups is 2. The zero-order chi connectivity index (χ0) is 21.1. The standard InChI is InChI=1S/C22H25N5O3/c1-3-20(4-2)10-15(28)27(19(23)24-20)17-16-21(17)11-22(16,21)18(29)26-13-8-6-5-7-12(13)9-14(26)25-30/h5-8,14,16-17H,3-4,9-11H2,1-2H3,(H2,23,24)/t14?,16?,17?,21-,22?/m0/s1. The van der Waals surface area contributed by atoms with Gasteiger partial charge < -0.3 is 5.73 Å². The van der Waals surface area contributed by atoms with Crippen LogP contribution in [0.4, 0.5) is 5.69 Å². The fraction of sp³-hybridized carbons (Fsp3) is 0.591. The van der Waals surface area contributed by atoms with Gasteiger partial charge in [0.2, 0.25) is 11.8 Å². The number of nitroso groups, excluding NO2 is 1. The molecule has 3 saturated carbocycles. The molecule has 8 nitrogen and oxygen atoms in total. The molecule has 5 aliphatic rings. The first-order valence-corrected chi connectivity index (χ1v) is 10.8. The maximum atomic E-state index is 13.5. The molecular formula is C22H25N5O3. The van der Waals surface area contributed by atoms with Crippen LogP contribution >= 0.6 is 0 Å². The Labute approximate surface area is 174 Å². The van der Waals surface area contributed by atoms with E-state index in [4.69, 9.17) is 10.7 Å². The number of benzene rings is 1. The Hall–Kier alpha value is -2.77. The summed E-state index contributed by atoms with van der Waals surface area (Å²) in [6.07, 6.45) is 2.46. The maximum Gasteiger partial charge on any atom is 0.236 e. The number of fused-ring (bicyclic) bond motifs is 2. The van der Waals surface area contributed by atoms with Crippen molar-refractivity contribution >= 4 is 23.5 Å². The molecule has 2 aliphatic heterocycles. The highest BCUT2D eigenvalue weighted by molar-refractivity contribution is 6.10. The van der Waals surface area contributed by atoms with Gasteiger partial charge in [-0.2, -0.15) is 0 Å². The Morgan fingerprint density at radius 2 is 2.00 bits per heavy atom. The predicted molar refractivity (Wildman–Crippen MR) is 110 cm³/mol. The van der Waals surface area contributed by atoms with Crippen molar-refractivity contribution in [1.29, 1.82) is 0 Å². The lowest BCUT2D eigenvalue weighted by atomic mass is 9.87. The van der Waals surface area contributed by atoms with E-state index in [1.54, 1.807) is 9.80 Å². The van der Waals surface area contributed by atoms with E-state index in [9.17, 15) is 14.5 Å². The zero-order valence-electron chi connectivity index (χ0n) is 17.2. The first-order valence-electron chi connectivity index (χ1n) is 10.8. The van der Waals surface area contributed by atoms with Crippen molar-refractivity contribution in [3.05, 3.63) is 34.7 Å². The molecule has 2 N–H and O–H groups in total. The van der Waals surface area contributed by atoms with Gasteiger partial charge in [0.15, 0.2) is 12.1 Å². The van der Waals surface area contributed by atoms with Crippen molar-refractivity contribution in [2.24, 2.45) is 32.7 Å². The van der Waals surface area contributed by atoms with E-state index in [1.807, 2.05) is 38.1 Å². The molecule has 0 radical (unpaired) electrons. The molecule has 0 saturated heterocycles. The molecule has 2 heterocycles. The molecule has 6 rings (SSSR count). The lowest BCUT2D eigenvalue weighted by Crippen LogP contribution is -2.55. The summed E-state index contributed by atoms with van der Waals surface area (Å²) in [7, 11) is 0. The highest BCUT2D eigenvalue weighted by atomic mass is 16.3. The highest BCUT2D eigenvalue weighted by Gasteiger charge is 3.12. The van der Waals surface area contributed by atoms with E-state index < -0.39 is 17.1 Å². The molecule has 1 spiro atoms. The number of nitrogens with two attached hydrogens (primary N) is 1. The Bertz CT molecular complexity index is 1050. The summed E-state index contributed by atoms with van der Waals surface area (Å²) in [4.78, 5) is 45.8. The fourth-order valence-corrected chi connectivity index (χ4v) is 6.61. The van der Waals surface area contributed by atoms with Gasteiger partial charge in [0, 0.05) is 23.4 Å². The van der Waals surface area contributed by atoms with Crippen molar-refractivity contribution in [3.63, 3.8) is 0 Å². The average molecular weight is 407 g/mol. The van der Waals surface area contributed by atoms with Crippen LogP contribution in [-0.2, 0) is 16.0 Å². The minimum Gasteiger partial charge on any atom is -0.369 e. The van der Waals surface area contributed by atoms with Gasteiger partial charge in [-0.15, -0.1) is 4.91 Å².